The van der Waals surface area contributed by atoms with Crippen LogP contribution in [0.1, 0.15) is 11.1 Å². The lowest BCUT2D eigenvalue weighted by Gasteiger charge is -2.02. The zero-order chi connectivity index (χ0) is 15.5. The lowest BCUT2D eigenvalue weighted by atomic mass is 10.2. The summed E-state index contributed by atoms with van der Waals surface area (Å²) in [5, 5.41) is 14.7. The number of benzene rings is 2. The molecule has 2 rings (SSSR count). The molecule has 110 valence electrons. The van der Waals surface area contributed by atoms with Crippen molar-refractivity contribution in [1.82, 2.24) is 0 Å². The Morgan fingerprint density at radius 1 is 0.952 bits per heavy atom. The second-order valence-corrected chi connectivity index (χ2v) is 6.06. The van der Waals surface area contributed by atoms with Gasteiger partial charge in [0.2, 0.25) is 11.0 Å². The second-order valence-electron chi connectivity index (χ2n) is 4.53. The summed E-state index contributed by atoms with van der Waals surface area (Å²) in [5.74, 6) is 0. The number of aryl methyl sites for hydroxylation is 2. The van der Waals surface area contributed by atoms with E-state index in [1.54, 1.807) is 24.3 Å². The SMILES string of the molecule is Cc1ccc(/[N+]([O-])=N/OS(=O)(=O)c2ccc(C)cc2)cc1. The quantitative estimate of drug-likeness (QED) is 0.493. The fraction of sp³-hybridized carbons (Fsp3) is 0.143. The van der Waals surface area contributed by atoms with Crippen LogP contribution in [0.4, 0.5) is 5.69 Å². The van der Waals surface area contributed by atoms with Gasteiger partial charge >= 0.3 is 10.1 Å². The molecule has 0 radical (unpaired) electrons. The Labute approximate surface area is 123 Å². The summed E-state index contributed by atoms with van der Waals surface area (Å²) in [4.78, 5) is 0.0553. The number of rotatable bonds is 4. The molecule has 7 heteroatoms. The Balaban J connectivity index is 2.18. The lowest BCUT2D eigenvalue weighted by molar-refractivity contribution is -0.468. The minimum Gasteiger partial charge on any atom is -0.592 e. The smallest absolute Gasteiger partial charge is 0.363 e. The van der Waals surface area contributed by atoms with Crippen LogP contribution in [0.5, 0.6) is 0 Å². The molecule has 2 aromatic carbocycles. The van der Waals surface area contributed by atoms with Gasteiger partial charge in [0, 0.05) is 12.1 Å². The summed E-state index contributed by atoms with van der Waals surface area (Å²) in [6.07, 6.45) is 0. The Kier molecular flexibility index (Phi) is 4.23. The number of hydrogen-bond acceptors (Lipinski definition) is 5. The minimum atomic E-state index is -4.10. The largest absolute Gasteiger partial charge is 0.592 e. The molecule has 0 aliphatic rings. The van der Waals surface area contributed by atoms with Crippen LogP contribution in [-0.2, 0) is 14.4 Å². The van der Waals surface area contributed by atoms with E-state index in [0.29, 0.717) is 0 Å². The van der Waals surface area contributed by atoms with Crippen LogP contribution >= 0.6 is 0 Å². The summed E-state index contributed by atoms with van der Waals surface area (Å²) < 4.78 is 28.1. The van der Waals surface area contributed by atoms with Gasteiger partial charge in [0.05, 0.1) is 0 Å². The van der Waals surface area contributed by atoms with Gasteiger partial charge in [-0.3, -0.25) is 0 Å². The zero-order valence-electron chi connectivity index (χ0n) is 11.6. The summed E-state index contributed by atoms with van der Waals surface area (Å²) in [5.41, 5.74) is 2.07. The first kappa shape index (κ1) is 15.0. The van der Waals surface area contributed by atoms with E-state index in [9.17, 15) is 13.6 Å². The van der Waals surface area contributed by atoms with Crippen molar-refractivity contribution in [2.75, 3.05) is 0 Å². The van der Waals surface area contributed by atoms with Crippen LogP contribution in [0.15, 0.2) is 58.7 Å². The molecule has 0 aromatic heterocycles. The third-order valence-corrected chi connectivity index (χ3v) is 3.88. The molecule has 0 fully saturated rings. The normalized spacial score (nSPS) is 12.2. The highest BCUT2D eigenvalue weighted by Crippen LogP contribution is 2.16. The molecule has 0 N–H and O–H groups in total. The Morgan fingerprint density at radius 3 is 1.95 bits per heavy atom. The van der Waals surface area contributed by atoms with Gasteiger partial charge in [-0.05, 0) is 30.8 Å². The van der Waals surface area contributed by atoms with Gasteiger partial charge in [0.15, 0.2) is 0 Å². The summed E-state index contributed by atoms with van der Waals surface area (Å²) in [7, 11) is -4.10. The van der Waals surface area contributed by atoms with Crippen LogP contribution in [0.2, 0.25) is 0 Å². The summed E-state index contributed by atoms with van der Waals surface area (Å²) in [6.45, 7) is 3.70. The molecule has 0 spiro atoms. The van der Waals surface area contributed by atoms with Gasteiger partial charge in [0.25, 0.3) is 0 Å². The molecule has 0 heterocycles. The van der Waals surface area contributed by atoms with E-state index in [-0.39, 0.29) is 15.4 Å². The maximum Gasteiger partial charge on any atom is 0.363 e. The fourth-order valence-corrected chi connectivity index (χ4v) is 2.25. The van der Waals surface area contributed by atoms with Crippen LogP contribution in [0.25, 0.3) is 0 Å². The maximum absolute atomic E-state index is 11.9. The van der Waals surface area contributed by atoms with Crippen molar-refractivity contribution in [1.29, 1.82) is 0 Å². The number of hydrogen-bond donors (Lipinski definition) is 0. The second kappa shape index (κ2) is 5.92. The molecule has 21 heavy (non-hydrogen) atoms. The van der Waals surface area contributed by atoms with Crippen molar-refractivity contribution in [2.45, 2.75) is 18.7 Å². The molecule has 0 atom stereocenters. The van der Waals surface area contributed by atoms with Crippen molar-refractivity contribution in [3.05, 3.63) is 64.9 Å². The molecule has 2 aromatic rings. The standard InChI is InChI=1S/C14H14N2O4S/c1-11-3-7-13(8-4-11)16(17)15-20-21(18,19)14-9-5-12(2)6-10-14/h3-10H,1-2H3/b16-15-. The average molecular weight is 306 g/mol. The highest BCUT2D eigenvalue weighted by atomic mass is 32.2. The Morgan fingerprint density at radius 2 is 1.43 bits per heavy atom. The van der Waals surface area contributed by atoms with E-state index in [2.05, 4.69) is 9.56 Å². The van der Waals surface area contributed by atoms with Crippen LogP contribution in [-0.4, -0.2) is 13.3 Å². The van der Waals surface area contributed by atoms with Gasteiger partial charge in [-0.15, -0.1) is 0 Å². The van der Waals surface area contributed by atoms with Gasteiger partial charge < -0.3 is 5.21 Å². The first-order chi connectivity index (χ1) is 9.88. The van der Waals surface area contributed by atoms with Gasteiger partial charge in [-0.2, -0.15) is 8.42 Å². The van der Waals surface area contributed by atoms with E-state index in [1.807, 2.05) is 13.8 Å². The van der Waals surface area contributed by atoms with E-state index >= 15 is 0 Å². The van der Waals surface area contributed by atoms with Gasteiger partial charge in [-0.25, -0.2) is 4.28 Å². The average Bonchev–Trinajstić information content (AvgIpc) is 2.46. The molecule has 0 aliphatic carbocycles. The van der Waals surface area contributed by atoms with E-state index < -0.39 is 10.1 Å². The molecule has 6 nitrogen and oxygen atoms in total. The molecule has 0 saturated carbocycles. The zero-order valence-corrected chi connectivity index (χ0v) is 12.4. The van der Waals surface area contributed by atoms with Crippen molar-refractivity contribution >= 4 is 15.8 Å². The minimum absolute atomic E-state index is 0.0610. The predicted octanol–water partition coefficient (Wildman–Crippen LogP) is 3.22. The monoisotopic (exact) mass is 306 g/mol. The maximum atomic E-state index is 11.9. The van der Waals surface area contributed by atoms with Gasteiger partial charge in [-0.1, -0.05) is 35.4 Å². The van der Waals surface area contributed by atoms with E-state index in [1.165, 1.54) is 24.3 Å². The van der Waals surface area contributed by atoms with Crippen LogP contribution in [0.3, 0.4) is 0 Å². The Hall–Kier alpha value is -2.41. The third-order valence-electron chi connectivity index (χ3n) is 2.77. The molecule has 0 aliphatic heterocycles. The van der Waals surface area contributed by atoms with Crippen molar-refractivity contribution in [3.63, 3.8) is 0 Å². The van der Waals surface area contributed by atoms with Crippen molar-refractivity contribution < 1.29 is 17.6 Å². The molecular formula is C14H14N2O4S. The van der Waals surface area contributed by atoms with Crippen molar-refractivity contribution in [3.8, 4) is 0 Å². The number of nitrogens with zero attached hydrogens (tertiary/aromatic N) is 2. The highest BCUT2D eigenvalue weighted by molar-refractivity contribution is 7.86. The Bertz CT molecular complexity index is 751. The molecular weight excluding hydrogens is 292 g/mol. The van der Waals surface area contributed by atoms with Gasteiger partial charge in [0.1, 0.15) is 4.90 Å². The molecule has 0 unspecified atom stereocenters. The van der Waals surface area contributed by atoms with E-state index in [4.69, 9.17) is 0 Å². The molecule has 0 saturated heterocycles. The van der Waals surface area contributed by atoms with Crippen molar-refractivity contribution in [2.24, 2.45) is 5.28 Å². The lowest BCUT2D eigenvalue weighted by Crippen LogP contribution is -2.04. The summed E-state index contributed by atoms with van der Waals surface area (Å²) in [6, 6.07) is 12.5. The van der Waals surface area contributed by atoms with Crippen LogP contribution < -0.4 is 0 Å². The topological polar surface area (TPSA) is 81.8 Å². The predicted molar refractivity (Wildman–Crippen MR) is 76.3 cm³/mol. The molecule has 0 bridgehead atoms. The third kappa shape index (κ3) is 3.79. The first-order valence-corrected chi connectivity index (χ1v) is 7.54. The highest BCUT2D eigenvalue weighted by Gasteiger charge is 2.17. The van der Waals surface area contributed by atoms with E-state index in [0.717, 1.165) is 11.1 Å². The summed E-state index contributed by atoms with van der Waals surface area (Å²) >= 11 is 0. The van der Waals surface area contributed by atoms with Crippen LogP contribution in [0, 0.1) is 19.1 Å². The fourth-order valence-electron chi connectivity index (χ4n) is 1.54. The first-order valence-electron chi connectivity index (χ1n) is 6.14. The molecule has 0 amide bonds.